The summed E-state index contributed by atoms with van der Waals surface area (Å²) in [5, 5.41) is 0. The van der Waals surface area contributed by atoms with Crippen molar-refractivity contribution in [2.24, 2.45) is 0 Å². The van der Waals surface area contributed by atoms with Gasteiger partial charge in [0.25, 0.3) is 0 Å². The van der Waals surface area contributed by atoms with Crippen LogP contribution in [-0.4, -0.2) is 5.78 Å². The van der Waals surface area contributed by atoms with Gasteiger partial charge >= 0.3 is 6.18 Å². The number of Topliss-reactive ketones (excluding diaryl/α,β-unsaturated/α-hetero) is 1. The van der Waals surface area contributed by atoms with Gasteiger partial charge in [0, 0.05) is 6.42 Å². The number of halogens is 3. The molecule has 2 aromatic rings. The van der Waals surface area contributed by atoms with Crippen molar-refractivity contribution in [3.63, 3.8) is 0 Å². The first-order chi connectivity index (χ1) is 9.36. The van der Waals surface area contributed by atoms with E-state index in [9.17, 15) is 18.0 Å². The highest BCUT2D eigenvalue weighted by molar-refractivity contribution is 5.78. The summed E-state index contributed by atoms with van der Waals surface area (Å²) in [6.07, 6.45) is -4.01. The van der Waals surface area contributed by atoms with Gasteiger partial charge in [-0.3, -0.25) is 4.79 Å². The van der Waals surface area contributed by atoms with Gasteiger partial charge in [0.2, 0.25) is 0 Å². The van der Waals surface area contributed by atoms with Gasteiger partial charge in [-0.05, 0) is 35.7 Å². The lowest BCUT2D eigenvalue weighted by Crippen LogP contribution is -2.04. The molecule has 0 saturated carbocycles. The van der Waals surface area contributed by atoms with Gasteiger partial charge in [-0.2, -0.15) is 13.2 Å². The molecule has 4 heteroatoms. The summed E-state index contributed by atoms with van der Waals surface area (Å²) in [5.41, 5.74) is 1.40. The Labute approximate surface area is 115 Å². The predicted molar refractivity (Wildman–Crippen MR) is 71.3 cm³/mol. The molecule has 0 radical (unpaired) electrons. The monoisotopic (exact) mass is 278 g/mol. The minimum Gasteiger partial charge on any atom is -0.300 e. The summed E-state index contributed by atoms with van der Waals surface area (Å²) in [6.45, 7) is 1.50. The smallest absolute Gasteiger partial charge is 0.300 e. The average Bonchev–Trinajstić information content (AvgIpc) is 2.38. The van der Waals surface area contributed by atoms with Gasteiger partial charge in [-0.25, -0.2) is 0 Å². The fraction of sp³-hybridized carbons (Fsp3) is 0.188. The largest absolute Gasteiger partial charge is 0.416 e. The van der Waals surface area contributed by atoms with Crippen molar-refractivity contribution in [1.82, 2.24) is 0 Å². The van der Waals surface area contributed by atoms with Crippen LogP contribution in [0, 0.1) is 0 Å². The molecule has 0 saturated heterocycles. The number of carbonyl (C=O) groups excluding carboxylic acids is 1. The molecule has 0 amide bonds. The zero-order chi connectivity index (χ0) is 14.8. The highest BCUT2D eigenvalue weighted by atomic mass is 19.4. The van der Waals surface area contributed by atoms with Crippen LogP contribution >= 0.6 is 0 Å². The van der Waals surface area contributed by atoms with Crippen molar-refractivity contribution in [2.75, 3.05) is 0 Å². The maximum atomic E-state index is 12.7. The van der Waals surface area contributed by atoms with Gasteiger partial charge < -0.3 is 0 Å². The Bertz CT molecular complexity index is 612. The lowest BCUT2D eigenvalue weighted by Gasteiger charge is -2.09. The number of ketones is 1. The van der Waals surface area contributed by atoms with Crippen LogP contribution in [0.4, 0.5) is 13.2 Å². The van der Waals surface area contributed by atoms with Crippen LogP contribution in [0.2, 0.25) is 0 Å². The summed E-state index contributed by atoms with van der Waals surface area (Å²) >= 11 is 0. The molecule has 1 nitrogen and oxygen atoms in total. The standard InChI is InChI=1S/C16H13F3O/c1-11(20)9-12-5-7-13(8-6-12)14-3-2-4-15(10-14)16(17,18)19/h2-8,10H,9H2,1H3. The first-order valence-corrected chi connectivity index (χ1v) is 6.12. The molecule has 2 rings (SSSR count). The first-order valence-electron chi connectivity index (χ1n) is 6.12. The van der Waals surface area contributed by atoms with Crippen LogP contribution in [0.5, 0.6) is 0 Å². The van der Waals surface area contributed by atoms with E-state index in [2.05, 4.69) is 0 Å². The Morgan fingerprint density at radius 2 is 1.65 bits per heavy atom. The number of hydrogen-bond donors (Lipinski definition) is 0. The fourth-order valence-corrected chi connectivity index (χ4v) is 1.98. The van der Waals surface area contributed by atoms with E-state index in [1.54, 1.807) is 30.3 Å². The summed E-state index contributed by atoms with van der Waals surface area (Å²) < 4.78 is 38.0. The Morgan fingerprint density at radius 3 is 2.20 bits per heavy atom. The van der Waals surface area contributed by atoms with E-state index < -0.39 is 11.7 Å². The van der Waals surface area contributed by atoms with E-state index in [0.717, 1.165) is 17.7 Å². The summed E-state index contributed by atoms with van der Waals surface area (Å²) in [6, 6.07) is 12.2. The second-order valence-corrected chi connectivity index (χ2v) is 4.65. The van der Waals surface area contributed by atoms with E-state index >= 15 is 0 Å². The molecule has 0 atom stereocenters. The van der Waals surface area contributed by atoms with Crippen LogP contribution in [0.3, 0.4) is 0 Å². The zero-order valence-corrected chi connectivity index (χ0v) is 10.9. The van der Waals surface area contributed by atoms with Crippen LogP contribution < -0.4 is 0 Å². The van der Waals surface area contributed by atoms with Crippen LogP contribution in [0.15, 0.2) is 48.5 Å². The quantitative estimate of drug-likeness (QED) is 0.807. The molecule has 20 heavy (non-hydrogen) atoms. The second-order valence-electron chi connectivity index (χ2n) is 4.65. The van der Waals surface area contributed by atoms with E-state index in [4.69, 9.17) is 0 Å². The third-order valence-electron chi connectivity index (χ3n) is 2.93. The van der Waals surface area contributed by atoms with Crippen molar-refractivity contribution in [1.29, 1.82) is 0 Å². The van der Waals surface area contributed by atoms with Crippen molar-refractivity contribution in [3.05, 3.63) is 59.7 Å². The van der Waals surface area contributed by atoms with Crippen molar-refractivity contribution in [3.8, 4) is 11.1 Å². The van der Waals surface area contributed by atoms with Crippen molar-refractivity contribution >= 4 is 5.78 Å². The highest BCUT2D eigenvalue weighted by Crippen LogP contribution is 2.32. The molecule has 0 unspecified atom stereocenters. The Hall–Kier alpha value is -2.10. The second kappa shape index (κ2) is 5.49. The van der Waals surface area contributed by atoms with E-state index in [-0.39, 0.29) is 5.78 Å². The average molecular weight is 278 g/mol. The minimum absolute atomic E-state index is 0.0526. The molecule has 104 valence electrons. The zero-order valence-electron chi connectivity index (χ0n) is 10.9. The topological polar surface area (TPSA) is 17.1 Å². The van der Waals surface area contributed by atoms with Gasteiger partial charge in [0.05, 0.1) is 5.56 Å². The molecule has 0 bridgehead atoms. The Kier molecular flexibility index (Phi) is 3.93. The summed E-state index contributed by atoms with van der Waals surface area (Å²) in [4.78, 5) is 11.0. The molecule has 2 aromatic carbocycles. The third-order valence-corrected chi connectivity index (χ3v) is 2.93. The van der Waals surface area contributed by atoms with E-state index in [0.29, 0.717) is 17.5 Å². The molecule has 0 aromatic heterocycles. The van der Waals surface area contributed by atoms with Gasteiger partial charge in [-0.15, -0.1) is 0 Å². The van der Waals surface area contributed by atoms with Crippen molar-refractivity contribution in [2.45, 2.75) is 19.5 Å². The number of rotatable bonds is 3. The molecule has 0 aliphatic heterocycles. The Balaban J connectivity index is 2.30. The molecule has 0 fully saturated rings. The number of carbonyl (C=O) groups is 1. The molecule has 0 heterocycles. The van der Waals surface area contributed by atoms with Crippen LogP contribution in [0.25, 0.3) is 11.1 Å². The maximum absolute atomic E-state index is 12.7. The van der Waals surface area contributed by atoms with Crippen LogP contribution in [0.1, 0.15) is 18.1 Å². The predicted octanol–water partition coefficient (Wildman–Crippen LogP) is 4.50. The number of benzene rings is 2. The van der Waals surface area contributed by atoms with Crippen LogP contribution in [-0.2, 0) is 17.4 Å². The van der Waals surface area contributed by atoms with E-state index in [1.165, 1.54) is 13.0 Å². The van der Waals surface area contributed by atoms with Gasteiger partial charge in [-0.1, -0.05) is 36.4 Å². The SMILES string of the molecule is CC(=O)Cc1ccc(-c2cccc(C(F)(F)F)c2)cc1. The summed E-state index contributed by atoms with van der Waals surface area (Å²) in [7, 11) is 0. The molecule has 0 aliphatic carbocycles. The normalized spacial score (nSPS) is 11.4. The lowest BCUT2D eigenvalue weighted by atomic mass is 10.0. The van der Waals surface area contributed by atoms with E-state index in [1.807, 2.05) is 0 Å². The molecular formula is C16H13F3O. The summed E-state index contributed by atoms with van der Waals surface area (Å²) in [5.74, 6) is 0.0526. The first kappa shape index (κ1) is 14.3. The maximum Gasteiger partial charge on any atom is 0.416 e. The number of hydrogen-bond acceptors (Lipinski definition) is 1. The molecule has 0 aliphatic rings. The number of alkyl halides is 3. The fourth-order valence-electron chi connectivity index (χ4n) is 1.98. The lowest BCUT2D eigenvalue weighted by molar-refractivity contribution is -0.137. The molecular weight excluding hydrogens is 265 g/mol. The molecule has 0 spiro atoms. The third kappa shape index (κ3) is 3.47. The van der Waals surface area contributed by atoms with Gasteiger partial charge in [0.1, 0.15) is 5.78 Å². The molecule has 0 N–H and O–H groups in total. The Morgan fingerprint density at radius 1 is 1.00 bits per heavy atom. The van der Waals surface area contributed by atoms with Crippen molar-refractivity contribution < 1.29 is 18.0 Å². The van der Waals surface area contributed by atoms with Gasteiger partial charge in [0.15, 0.2) is 0 Å². The highest BCUT2D eigenvalue weighted by Gasteiger charge is 2.30. The minimum atomic E-state index is -4.34.